The van der Waals surface area contributed by atoms with Crippen LogP contribution in [0.1, 0.15) is 5.56 Å². The van der Waals surface area contributed by atoms with Crippen LogP contribution in [-0.2, 0) is 6.61 Å². The standard InChI is InChI=1S/C17H12BrClO4/c1-21-12-3-4-13-10(6-17(20)23-16(13)8-12)9-22-15-5-2-11(18)7-14(15)19/h2-8H,9H2,1H3. The molecule has 0 bridgehead atoms. The maximum atomic E-state index is 11.7. The average molecular weight is 396 g/mol. The largest absolute Gasteiger partial charge is 0.497 e. The zero-order chi connectivity index (χ0) is 16.4. The van der Waals surface area contributed by atoms with Gasteiger partial charge in [-0.25, -0.2) is 4.79 Å². The summed E-state index contributed by atoms with van der Waals surface area (Å²) in [5.41, 5.74) is 0.737. The van der Waals surface area contributed by atoms with Gasteiger partial charge in [-0.1, -0.05) is 27.5 Å². The Morgan fingerprint density at radius 1 is 1.17 bits per heavy atom. The third-order valence-electron chi connectivity index (χ3n) is 3.31. The van der Waals surface area contributed by atoms with Crippen LogP contribution in [0.3, 0.4) is 0 Å². The van der Waals surface area contributed by atoms with Crippen LogP contribution < -0.4 is 15.1 Å². The monoisotopic (exact) mass is 394 g/mol. The molecule has 1 aromatic heterocycles. The highest BCUT2D eigenvalue weighted by Crippen LogP contribution is 2.29. The Morgan fingerprint density at radius 2 is 2.00 bits per heavy atom. The Bertz CT molecular complexity index is 920. The number of benzene rings is 2. The Labute approximate surface area is 145 Å². The molecule has 0 spiro atoms. The van der Waals surface area contributed by atoms with Crippen molar-refractivity contribution in [2.75, 3.05) is 7.11 Å². The lowest BCUT2D eigenvalue weighted by atomic mass is 10.1. The van der Waals surface area contributed by atoms with Gasteiger partial charge in [-0.05, 0) is 30.3 Å². The van der Waals surface area contributed by atoms with E-state index in [1.165, 1.54) is 6.07 Å². The summed E-state index contributed by atoms with van der Waals surface area (Å²) < 4.78 is 17.0. The summed E-state index contributed by atoms with van der Waals surface area (Å²) in [4.78, 5) is 11.7. The lowest BCUT2D eigenvalue weighted by Gasteiger charge is -2.10. The van der Waals surface area contributed by atoms with Gasteiger partial charge in [0, 0.05) is 27.6 Å². The SMILES string of the molecule is COc1ccc2c(COc3ccc(Br)cc3Cl)cc(=O)oc2c1. The van der Waals surface area contributed by atoms with Gasteiger partial charge in [-0.15, -0.1) is 0 Å². The second-order valence-electron chi connectivity index (χ2n) is 4.82. The van der Waals surface area contributed by atoms with Crippen LogP contribution in [0.25, 0.3) is 11.0 Å². The van der Waals surface area contributed by atoms with Crippen molar-refractivity contribution in [3.63, 3.8) is 0 Å². The molecule has 1 heterocycles. The predicted octanol–water partition coefficient (Wildman–Crippen LogP) is 4.80. The van der Waals surface area contributed by atoms with E-state index in [4.69, 9.17) is 25.5 Å². The minimum absolute atomic E-state index is 0.204. The summed E-state index contributed by atoms with van der Waals surface area (Å²) in [6, 6.07) is 12.1. The van der Waals surface area contributed by atoms with E-state index in [0.29, 0.717) is 22.1 Å². The summed E-state index contributed by atoms with van der Waals surface area (Å²) in [6.07, 6.45) is 0. The molecule has 2 aromatic carbocycles. The first-order valence-electron chi connectivity index (χ1n) is 6.75. The molecular weight excluding hydrogens is 384 g/mol. The first kappa shape index (κ1) is 15.9. The van der Waals surface area contributed by atoms with Crippen LogP contribution in [-0.4, -0.2) is 7.11 Å². The van der Waals surface area contributed by atoms with E-state index < -0.39 is 5.63 Å². The van der Waals surface area contributed by atoms with Gasteiger partial charge in [0.25, 0.3) is 0 Å². The van der Waals surface area contributed by atoms with E-state index in [-0.39, 0.29) is 6.61 Å². The number of methoxy groups -OCH3 is 1. The van der Waals surface area contributed by atoms with Crippen molar-refractivity contribution >= 4 is 38.5 Å². The number of fused-ring (bicyclic) bond motifs is 1. The predicted molar refractivity (Wildman–Crippen MR) is 92.5 cm³/mol. The quantitative estimate of drug-likeness (QED) is 0.596. The van der Waals surface area contributed by atoms with Crippen molar-refractivity contribution in [1.82, 2.24) is 0 Å². The number of hydrogen-bond acceptors (Lipinski definition) is 4. The summed E-state index contributed by atoms with van der Waals surface area (Å²) in [6.45, 7) is 0.204. The molecule has 4 nitrogen and oxygen atoms in total. The zero-order valence-corrected chi connectivity index (χ0v) is 14.5. The molecule has 0 aliphatic carbocycles. The molecule has 0 aliphatic rings. The van der Waals surface area contributed by atoms with Crippen LogP contribution in [0, 0.1) is 0 Å². The van der Waals surface area contributed by atoms with Crippen LogP contribution in [0.2, 0.25) is 5.02 Å². The van der Waals surface area contributed by atoms with Crippen molar-refractivity contribution in [3.05, 3.63) is 67.9 Å². The maximum Gasteiger partial charge on any atom is 0.336 e. The summed E-state index contributed by atoms with van der Waals surface area (Å²) in [5, 5.41) is 1.28. The lowest BCUT2D eigenvalue weighted by Crippen LogP contribution is -2.04. The molecule has 0 saturated heterocycles. The molecule has 0 saturated carbocycles. The Hall–Kier alpha value is -1.98. The summed E-state index contributed by atoms with van der Waals surface area (Å²) in [5.74, 6) is 1.17. The maximum absolute atomic E-state index is 11.7. The molecule has 0 N–H and O–H groups in total. The lowest BCUT2D eigenvalue weighted by molar-refractivity contribution is 0.307. The van der Waals surface area contributed by atoms with Crippen molar-refractivity contribution in [2.45, 2.75) is 6.61 Å². The van der Waals surface area contributed by atoms with Gasteiger partial charge in [-0.3, -0.25) is 0 Å². The molecular formula is C17H12BrClO4. The van der Waals surface area contributed by atoms with E-state index in [0.717, 1.165) is 15.4 Å². The van der Waals surface area contributed by atoms with E-state index in [9.17, 15) is 4.79 Å². The van der Waals surface area contributed by atoms with Crippen LogP contribution in [0.5, 0.6) is 11.5 Å². The third kappa shape index (κ3) is 3.51. The minimum atomic E-state index is -0.439. The Kier molecular flexibility index (Phi) is 4.59. The minimum Gasteiger partial charge on any atom is -0.497 e. The molecule has 3 rings (SSSR count). The Balaban J connectivity index is 1.94. The number of rotatable bonds is 4. The van der Waals surface area contributed by atoms with E-state index in [1.807, 2.05) is 12.1 Å². The van der Waals surface area contributed by atoms with Crippen molar-refractivity contribution in [3.8, 4) is 11.5 Å². The van der Waals surface area contributed by atoms with Crippen molar-refractivity contribution in [2.24, 2.45) is 0 Å². The fourth-order valence-electron chi connectivity index (χ4n) is 2.20. The molecule has 6 heteroatoms. The topological polar surface area (TPSA) is 48.7 Å². The van der Waals surface area contributed by atoms with Gasteiger partial charge in [-0.2, -0.15) is 0 Å². The smallest absolute Gasteiger partial charge is 0.336 e. The van der Waals surface area contributed by atoms with Crippen LogP contribution in [0.15, 0.2) is 56.1 Å². The van der Waals surface area contributed by atoms with Crippen LogP contribution in [0.4, 0.5) is 0 Å². The van der Waals surface area contributed by atoms with Gasteiger partial charge >= 0.3 is 5.63 Å². The highest BCUT2D eigenvalue weighted by atomic mass is 79.9. The highest BCUT2D eigenvalue weighted by Gasteiger charge is 2.09. The molecule has 3 aromatic rings. The second kappa shape index (κ2) is 6.64. The molecule has 0 radical (unpaired) electrons. The zero-order valence-electron chi connectivity index (χ0n) is 12.1. The van der Waals surface area contributed by atoms with Gasteiger partial charge in [0.2, 0.25) is 0 Å². The first-order valence-corrected chi connectivity index (χ1v) is 7.92. The summed E-state index contributed by atoms with van der Waals surface area (Å²) in [7, 11) is 1.56. The molecule has 0 atom stereocenters. The normalized spacial score (nSPS) is 10.7. The van der Waals surface area contributed by atoms with Crippen molar-refractivity contribution in [1.29, 1.82) is 0 Å². The molecule has 0 unspecified atom stereocenters. The molecule has 118 valence electrons. The van der Waals surface area contributed by atoms with Gasteiger partial charge in [0.15, 0.2) is 0 Å². The van der Waals surface area contributed by atoms with E-state index >= 15 is 0 Å². The van der Waals surface area contributed by atoms with Gasteiger partial charge < -0.3 is 13.9 Å². The molecule has 0 amide bonds. The fourth-order valence-corrected chi connectivity index (χ4v) is 2.93. The second-order valence-corrected chi connectivity index (χ2v) is 6.14. The van der Waals surface area contributed by atoms with E-state index in [1.54, 1.807) is 31.4 Å². The highest BCUT2D eigenvalue weighted by molar-refractivity contribution is 9.10. The van der Waals surface area contributed by atoms with Crippen LogP contribution >= 0.6 is 27.5 Å². The third-order valence-corrected chi connectivity index (χ3v) is 4.10. The number of halogens is 2. The number of hydrogen-bond donors (Lipinski definition) is 0. The summed E-state index contributed by atoms with van der Waals surface area (Å²) >= 11 is 9.48. The molecule has 23 heavy (non-hydrogen) atoms. The number of ether oxygens (including phenoxy) is 2. The fraction of sp³-hybridized carbons (Fsp3) is 0.118. The molecule has 0 aliphatic heterocycles. The average Bonchev–Trinajstić information content (AvgIpc) is 2.53. The molecule has 0 fully saturated rings. The Morgan fingerprint density at radius 3 is 2.74 bits per heavy atom. The van der Waals surface area contributed by atoms with Gasteiger partial charge in [0.1, 0.15) is 23.7 Å². The van der Waals surface area contributed by atoms with Crippen molar-refractivity contribution < 1.29 is 13.9 Å². The van der Waals surface area contributed by atoms with Gasteiger partial charge in [0.05, 0.1) is 12.1 Å². The van der Waals surface area contributed by atoms with E-state index in [2.05, 4.69) is 15.9 Å². The first-order chi connectivity index (χ1) is 11.1.